The van der Waals surface area contributed by atoms with E-state index in [1.165, 1.54) is 4.68 Å². The number of hydrogen-bond acceptors (Lipinski definition) is 5. The summed E-state index contributed by atoms with van der Waals surface area (Å²) in [5, 5.41) is 12.7. The van der Waals surface area contributed by atoms with Crippen LogP contribution >= 0.6 is 0 Å². The minimum absolute atomic E-state index is 0.0973. The number of aromatic nitrogens is 4. The zero-order valence-electron chi connectivity index (χ0n) is 21.0. The second-order valence-electron chi connectivity index (χ2n) is 9.10. The van der Waals surface area contributed by atoms with Crippen molar-refractivity contribution in [3.05, 3.63) is 81.4 Å². The van der Waals surface area contributed by atoms with Crippen molar-refractivity contribution < 1.29 is 9.53 Å². The normalized spacial score (nSPS) is 12.2. The molecule has 4 aromatic rings. The number of benzene rings is 2. The highest BCUT2D eigenvalue weighted by molar-refractivity contribution is 5.84. The minimum atomic E-state index is -0.793. The molecule has 2 aromatic heterocycles. The topological polar surface area (TPSA) is 91.0 Å². The van der Waals surface area contributed by atoms with Gasteiger partial charge in [-0.15, -0.1) is 0 Å². The first-order valence-electron chi connectivity index (χ1n) is 11.7. The third-order valence-corrected chi connectivity index (χ3v) is 5.93. The standard InChI is InChI=1S/C27H31N5O3/c1-16(2)35-23-13-9-21(10-14-23)15-28-26(33)20(6)32-27(34)25-24(18(4)29-32)19(5)31(30-25)22-11-7-17(3)8-12-22/h7-14,16,20H,15H2,1-6H3,(H,28,33)/t20-/m1/s1. The fraction of sp³-hybridized carbons (Fsp3) is 0.333. The zero-order valence-corrected chi connectivity index (χ0v) is 21.0. The summed E-state index contributed by atoms with van der Waals surface area (Å²) < 4.78 is 8.63. The molecule has 0 fully saturated rings. The molecule has 0 saturated heterocycles. The van der Waals surface area contributed by atoms with Crippen LogP contribution in [-0.4, -0.2) is 31.6 Å². The Morgan fingerprint density at radius 3 is 2.26 bits per heavy atom. The van der Waals surface area contributed by atoms with Crippen molar-refractivity contribution in [1.29, 1.82) is 0 Å². The first-order valence-corrected chi connectivity index (χ1v) is 11.7. The average Bonchev–Trinajstić information content (AvgIpc) is 3.18. The summed E-state index contributed by atoms with van der Waals surface area (Å²) in [6.45, 7) is 11.7. The molecule has 182 valence electrons. The molecule has 0 radical (unpaired) electrons. The first kappa shape index (κ1) is 24.2. The summed E-state index contributed by atoms with van der Waals surface area (Å²) in [6.07, 6.45) is 0.0973. The van der Waals surface area contributed by atoms with E-state index in [-0.39, 0.29) is 12.0 Å². The van der Waals surface area contributed by atoms with Gasteiger partial charge in [0, 0.05) is 6.54 Å². The highest BCUT2D eigenvalue weighted by atomic mass is 16.5. The van der Waals surface area contributed by atoms with E-state index in [0.717, 1.165) is 28.3 Å². The Labute approximate surface area is 204 Å². The number of aryl methyl sites for hydroxylation is 3. The number of nitrogens with one attached hydrogen (secondary N) is 1. The second kappa shape index (κ2) is 9.74. The lowest BCUT2D eigenvalue weighted by Gasteiger charge is -2.15. The Morgan fingerprint density at radius 2 is 1.63 bits per heavy atom. The Bertz CT molecular complexity index is 1420. The van der Waals surface area contributed by atoms with Crippen LogP contribution in [0.3, 0.4) is 0 Å². The number of rotatable bonds is 7. The van der Waals surface area contributed by atoms with Gasteiger partial charge in [-0.25, -0.2) is 9.36 Å². The van der Waals surface area contributed by atoms with E-state index >= 15 is 0 Å². The smallest absolute Gasteiger partial charge is 0.295 e. The van der Waals surface area contributed by atoms with Gasteiger partial charge >= 0.3 is 0 Å². The lowest BCUT2D eigenvalue weighted by Crippen LogP contribution is -2.37. The number of ether oxygens (including phenoxy) is 1. The van der Waals surface area contributed by atoms with Crippen molar-refractivity contribution in [2.45, 2.75) is 60.2 Å². The van der Waals surface area contributed by atoms with Gasteiger partial charge in [0.2, 0.25) is 5.91 Å². The van der Waals surface area contributed by atoms with Crippen LogP contribution in [0.15, 0.2) is 53.3 Å². The van der Waals surface area contributed by atoms with Gasteiger partial charge in [0.15, 0.2) is 5.52 Å². The number of fused-ring (bicyclic) bond motifs is 1. The summed E-state index contributed by atoms with van der Waals surface area (Å²) in [7, 11) is 0. The Morgan fingerprint density at radius 1 is 0.971 bits per heavy atom. The van der Waals surface area contributed by atoms with Gasteiger partial charge in [-0.05, 0) is 71.4 Å². The predicted octanol–water partition coefficient (Wildman–Crippen LogP) is 4.17. The predicted molar refractivity (Wildman–Crippen MR) is 136 cm³/mol. The third-order valence-electron chi connectivity index (χ3n) is 5.93. The maximum atomic E-state index is 13.3. The maximum Gasteiger partial charge on any atom is 0.295 e. The van der Waals surface area contributed by atoms with Crippen LogP contribution in [0.2, 0.25) is 0 Å². The van der Waals surface area contributed by atoms with Crippen molar-refractivity contribution in [2.75, 3.05) is 0 Å². The third kappa shape index (κ3) is 4.96. The van der Waals surface area contributed by atoms with Crippen LogP contribution in [-0.2, 0) is 11.3 Å². The fourth-order valence-electron chi connectivity index (χ4n) is 4.06. The van der Waals surface area contributed by atoms with E-state index in [2.05, 4.69) is 15.5 Å². The number of amides is 1. The average molecular weight is 474 g/mol. The van der Waals surface area contributed by atoms with E-state index in [0.29, 0.717) is 23.1 Å². The molecular weight excluding hydrogens is 442 g/mol. The fourth-order valence-corrected chi connectivity index (χ4v) is 4.06. The van der Waals surface area contributed by atoms with Crippen molar-refractivity contribution in [3.8, 4) is 11.4 Å². The molecule has 1 amide bonds. The molecule has 2 aromatic carbocycles. The molecular formula is C27H31N5O3. The van der Waals surface area contributed by atoms with Crippen LogP contribution in [0.4, 0.5) is 0 Å². The van der Waals surface area contributed by atoms with E-state index in [9.17, 15) is 9.59 Å². The molecule has 2 heterocycles. The number of nitrogens with zero attached hydrogens (tertiary/aromatic N) is 4. The van der Waals surface area contributed by atoms with Crippen LogP contribution in [0, 0.1) is 20.8 Å². The van der Waals surface area contributed by atoms with Crippen LogP contribution in [0.1, 0.15) is 49.3 Å². The van der Waals surface area contributed by atoms with Crippen molar-refractivity contribution in [1.82, 2.24) is 24.9 Å². The maximum absolute atomic E-state index is 13.3. The number of carbonyl (C=O) groups excluding carboxylic acids is 1. The van der Waals surface area contributed by atoms with Gasteiger partial charge in [-0.2, -0.15) is 10.2 Å². The number of carbonyl (C=O) groups is 1. The van der Waals surface area contributed by atoms with Gasteiger partial charge in [0.25, 0.3) is 5.56 Å². The monoisotopic (exact) mass is 473 g/mol. The van der Waals surface area contributed by atoms with E-state index in [1.807, 2.05) is 83.1 Å². The molecule has 0 aliphatic rings. The molecule has 8 heteroatoms. The van der Waals surface area contributed by atoms with Crippen LogP contribution in [0.5, 0.6) is 5.75 Å². The first-order chi connectivity index (χ1) is 16.7. The molecule has 0 spiro atoms. The Hall–Kier alpha value is -3.94. The van der Waals surface area contributed by atoms with Gasteiger partial charge < -0.3 is 10.1 Å². The van der Waals surface area contributed by atoms with Crippen molar-refractivity contribution in [3.63, 3.8) is 0 Å². The zero-order chi connectivity index (χ0) is 25.3. The molecule has 1 N–H and O–H groups in total. The molecule has 0 bridgehead atoms. The highest BCUT2D eigenvalue weighted by Crippen LogP contribution is 2.22. The molecule has 1 atom stereocenters. The SMILES string of the molecule is Cc1ccc(-n2nc3c(=O)n([C@H](C)C(=O)NCc4ccc(OC(C)C)cc4)nc(C)c3c2C)cc1. The molecule has 35 heavy (non-hydrogen) atoms. The Balaban J connectivity index is 1.57. The van der Waals surface area contributed by atoms with Crippen LogP contribution in [0.25, 0.3) is 16.6 Å². The van der Waals surface area contributed by atoms with Crippen molar-refractivity contribution in [2.24, 2.45) is 0 Å². The highest BCUT2D eigenvalue weighted by Gasteiger charge is 2.23. The van der Waals surface area contributed by atoms with E-state index < -0.39 is 11.6 Å². The van der Waals surface area contributed by atoms with Crippen LogP contribution < -0.4 is 15.6 Å². The lowest BCUT2D eigenvalue weighted by atomic mass is 10.2. The lowest BCUT2D eigenvalue weighted by molar-refractivity contribution is -0.124. The van der Waals surface area contributed by atoms with Gasteiger partial charge in [0.05, 0.1) is 28.6 Å². The van der Waals surface area contributed by atoms with Gasteiger partial charge in [0.1, 0.15) is 11.8 Å². The van der Waals surface area contributed by atoms with Crippen molar-refractivity contribution >= 4 is 16.8 Å². The quantitative estimate of drug-likeness (QED) is 0.435. The molecule has 8 nitrogen and oxygen atoms in total. The minimum Gasteiger partial charge on any atom is -0.491 e. The summed E-state index contributed by atoms with van der Waals surface area (Å²) in [5.41, 5.74) is 4.33. The molecule has 0 unspecified atom stereocenters. The molecule has 4 rings (SSSR count). The second-order valence-corrected chi connectivity index (χ2v) is 9.10. The van der Waals surface area contributed by atoms with Gasteiger partial charge in [-0.1, -0.05) is 29.8 Å². The van der Waals surface area contributed by atoms with Gasteiger partial charge in [-0.3, -0.25) is 9.59 Å². The summed E-state index contributed by atoms with van der Waals surface area (Å²) in [6, 6.07) is 14.7. The Kier molecular flexibility index (Phi) is 6.73. The summed E-state index contributed by atoms with van der Waals surface area (Å²) in [5.74, 6) is 0.485. The van der Waals surface area contributed by atoms with E-state index in [1.54, 1.807) is 11.6 Å². The summed E-state index contributed by atoms with van der Waals surface area (Å²) >= 11 is 0. The molecule has 0 saturated carbocycles. The number of hydrogen-bond donors (Lipinski definition) is 1. The summed E-state index contributed by atoms with van der Waals surface area (Å²) in [4.78, 5) is 26.2. The van der Waals surface area contributed by atoms with E-state index in [4.69, 9.17) is 4.74 Å². The molecule has 0 aliphatic heterocycles. The largest absolute Gasteiger partial charge is 0.491 e. The molecule has 0 aliphatic carbocycles.